The molecular weight excluding hydrogens is 472 g/mol. The second kappa shape index (κ2) is 8.96. The molecule has 2 heterocycles. The molecule has 0 spiro atoms. The summed E-state index contributed by atoms with van der Waals surface area (Å²) >= 11 is 7.24. The number of halogens is 1. The quantitative estimate of drug-likeness (QED) is 0.244. The number of aromatic nitrogens is 4. The highest BCUT2D eigenvalue weighted by atomic mass is 35.5. The Balaban J connectivity index is 1.64. The van der Waals surface area contributed by atoms with Crippen molar-refractivity contribution in [1.82, 2.24) is 19.2 Å². The zero-order chi connectivity index (χ0) is 23.8. The van der Waals surface area contributed by atoms with Gasteiger partial charge in [-0.05, 0) is 67.6 Å². The van der Waals surface area contributed by atoms with Crippen LogP contribution < -0.4 is 10.3 Å². The number of methoxy groups -OCH3 is 1. The summed E-state index contributed by atoms with van der Waals surface area (Å²) in [4.78, 5) is 26.4. The molecule has 0 bridgehead atoms. The number of nitrogens with zero attached hydrogens (tertiary/aromatic N) is 4. The fourth-order valence-electron chi connectivity index (χ4n) is 3.78. The van der Waals surface area contributed by atoms with E-state index in [1.807, 2.05) is 29.5 Å². The molecule has 2 aromatic heterocycles. The molecule has 0 N–H and O–H groups in total. The molecule has 0 aliphatic heterocycles. The summed E-state index contributed by atoms with van der Waals surface area (Å²) in [6, 6.07) is 21.3. The van der Waals surface area contributed by atoms with Crippen LogP contribution in [0.3, 0.4) is 0 Å². The molecule has 0 amide bonds. The van der Waals surface area contributed by atoms with Crippen molar-refractivity contribution in [2.24, 2.45) is 0 Å². The van der Waals surface area contributed by atoms with Crippen molar-refractivity contribution >= 4 is 45.8 Å². The van der Waals surface area contributed by atoms with Gasteiger partial charge in [0.05, 0.1) is 29.0 Å². The van der Waals surface area contributed by atoms with E-state index in [1.54, 1.807) is 61.7 Å². The Morgan fingerprint density at radius 3 is 2.41 bits per heavy atom. The van der Waals surface area contributed by atoms with Gasteiger partial charge in [0.2, 0.25) is 5.78 Å². The molecule has 170 valence electrons. The summed E-state index contributed by atoms with van der Waals surface area (Å²) in [5.74, 6) is 0.995. The summed E-state index contributed by atoms with van der Waals surface area (Å²) in [6.07, 6.45) is 0. The predicted octanol–water partition coefficient (Wildman–Crippen LogP) is 5.06. The van der Waals surface area contributed by atoms with E-state index in [-0.39, 0.29) is 11.3 Å². The van der Waals surface area contributed by atoms with Crippen molar-refractivity contribution in [1.29, 1.82) is 0 Å². The lowest BCUT2D eigenvalue weighted by molar-refractivity contribution is 0.0994. The fourth-order valence-corrected chi connectivity index (χ4v) is 4.84. The number of hydrogen-bond acceptors (Lipinski definition) is 6. The molecule has 0 saturated carbocycles. The number of thioether (sulfide) groups is 1. The van der Waals surface area contributed by atoms with Crippen molar-refractivity contribution in [3.63, 3.8) is 0 Å². The number of carbonyl (C=O) groups excluding carboxylic acids is 1. The molecule has 1 unspecified atom stereocenters. The van der Waals surface area contributed by atoms with Crippen LogP contribution in [0.2, 0.25) is 5.02 Å². The summed E-state index contributed by atoms with van der Waals surface area (Å²) < 4.78 is 8.58. The molecule has 5 aromatic rings. The van der Waals surface area contributed by atoms with Crippen molar-refractivity contribution in [2.45, 2.75) is 17.3 Å². The van der Waals surface area contributed by atoms with Gasteiger partial charge in [0.1, 0.15) is 5.75 Å². The second-order valence-corrected chi connectivity index (χ2v) is 9.35. The van der Waals surface area contributed by atoms with Crippen LogP contribution in [0, 0.1) is 0 Å². The standard InChI is InChI=1S/C25H19ClN4O3S/c1-15(22(31)16-7-9-17(26)10-8-16)34-25-28-27-24-29(18-11-13-19(33-2)14-12-18)23(32)20-5-3-4-6-21(20)30(24)25/h3-15H,1-2H3. The fraction of sp³-hybridized carbons (Fsp3) is 0.120. The van der Waals surface area contributed by atoms with Crippen LogP contribution in [0.5, 0.6) is 5.75 Å². The number of ketones is 1. The maximum atomic E-state index is 13.4. The van der Waals surface area contributed by atoms with E-state index in [0.29, 0.717) is 43.9 Å². The Bertz CT molecular complexity index is 1580. The van der Waals surface area contributed by atoms with Gasteiger partial charge in [-0.1, -0.05) is 35.5 Å². The monoisotopic (exact) mass is 490 g/mol. The minimum Gasteiger partial charge on any atom is -0.497 e. The van der Waals surface area contributed by atoms with Crippen LogP contribution in [0.15, 0.2) is 82.7 Å². The summed E-state index contributed by atoms with van der Waals surface area (Å²) in [6.45, 7) is 1.82. The molecule has 3 aromatic carbocycles. The number of hydrogen-bond donors (Lipinski definition) is 0. The van der Waals surface area contributed by atoms with Gasteiger partial charge in [-0.15, -0.1) is 10.2 Å². The number of fused-ring (bicyclic) bond motifs is 3. The third-order valence-electron chi connectivity index (χ3n) is 5.51. The molecule has 1 atom stereocenters. The molecule has 0 aliphatic rings. The Kier molecular flexibility index (Phi) is 5.85. The number of ether oxygens (including phenoxy) is 1. The Morgan fingerprint density at radius 2 is 1.71 bits per heavy atom. The first-order valence-electron chi connectivity index (χ1n) is 10.5. The number of para-hydroxylation sites is 1. The van der Waals surface area contributed by atoms with E-state index in [2.05, 4.69) is 10.2 Å². The highest BCUT2D eigenvalue weighted by molar-refractivity contribution is 8.00. The third kappa shape index (κ3) is 3.85. The topological polar surface area (TPSA) is 78.5 Å². The largest absolute Gasteiger partial charge is 0.497 e. The van der Waals surface area contributed by atoms with Crippen LogP contribution in [-0.2, 0) is 0 Å². The van der Waals surface area contributed by atoms with Crippen molar-refractivity contribution in [3.8, 4) is 11.4 Å². The van der Waals surface area contributed by atoms with Crippen molar-refractivity contribution in [2.75, 3.05) is 7.11 Å². The smallest absolute Gasteiger partial charge is 0.267 e. The number of benzene rings is 3. The number of rotatable bonds is 6. The van der Waals surface area contributed by atoms with Crippen molar-refractivity contribution < 1.29 is 9.53 Å². The first kappa shape index (κ1) is 22.2. The zero-order valence-corrected chi connectivity index (χ0v) is 19.9. The van der Waals surface area contributed by atoms with Crippen LogP contribution >= 0.6 is 23.4 Å². The molecule has 0 fully saturated rings. The van der Waals surface area contributed by atoms with E-state index in [9.17, 15) is 9.59 Å². The Hall–Kier alpha value is -3.62. The molecule has 7 nitrogen and oxygen atoms in total. The average molecular weight is 491 g/mol. The lowest BCUT2D eigenvalue weighted by atomic mass is 10.1. The van der Waals surface area contributed by atoms with Gasteiger partial charge in [0.15, 0.2) is 10.9 Å². The average Bonchev–Trinajstić information content (AvgIpc) is 3.27. The lowest BCUT2D eigenvalue weighted by Crippen LogP contribution is -2.22. The molecule has 5 rings (SSSR count). The molecule has 34 heavy (non-hydrogen) atoms. The van der Waals surface area contributed by atoms with E-state index >= 15 is 0 Å². The van der Waals surface area contributed by atoms with E-state index in [1.165, 1.54) is 16.3 Å². The first-order valence-corrected chi connectivity index (χ1v) is 11.7. The summed E-state index contributed by atoms with van der Waals surface area (Å²) in [5.41, 5.74) is 1.67. The maximum Gasteiger partial charge on any atom is 0.267 e. The Labute approximate surface area is 204 Å². The number of carbonyl (C=O) groups is 1. The van der Waals surface area contributed by atoms with Gasteiger partial charge in [0, 0.05) is 10.6 Å². The van der Waals surface area contributed by atoms with Gasteiger partial charge in [-0.25, -0.2) is 4.57 Å². The SMILES string of the molecule is COc1ccc(-n2c(=O)c3ccccc3n3c(SC(C)C(=O)c4ccc(Cl)cc4)nnc23)cc1. The van der Waals surface area contributed by atoms with Crippen LogP contribution in [0.4, 0.5) is 0 Å². The van der Waals surface area contributed by atoms with Gasteiger partial charge in [-0.3, -0.25) is 14.0 Å². The van der Waals surface area contributed by atoms with Gasteiger partial charge in [0.25, 0.3) is 5.56 Å². The van der Waals surface area contributed by atoms with Crippen LogP contribution in [-0.4, -0.2) is 37.3 Å². The summed E-state index contributed by atoms with van der Waals surface area (Å²) in [7, 11) is 1.59. The van der Waals surface area contributed by atoms with E-state index in [4.69, 9.17) is 16.3 Å². The number of Topliss-reactive ketones (excluding diaryl/α,β-unsaturated/α-hetero) is 1. The highest BCUT2D eigenvalue weighted by Gasteiger charge is 2.23. The minimum absolute atomic E-state index is 0.0498. The minimum atomic E-state index is -0.436. The molecule has 0 radical (unpaired) electrons. The maximum absolute atomic E-state index is 13.4. The lowest BCUT2D eigenvalue weighted by Gasteiger charge is -2.13. The molecular formula is C25H19ClN4O3S. The highest BCUT2D eigenvalue weighted by Crippen LogP contribution is 2.28. The van der Waals surface area contributed by atoms with Crippen LogP contribution in [0.1, 0.15) is 17.3 Å². The van der Waals surface area contributed by atoms with E-state index < -0.39 is 5.25 Å². The molecule has 0 aliphatic carbocycles. The van der Waals surface area contributed by atoms with Gasteiger partial charge in [-0.2, -0.15) is 0 Å². The van der Waals surface area contributed by atoms with Gasteiger partial charge < -0.3 is 4.74 Å². The van der Waals surface area contributed by atoms with E-state index in [0.717, 1.165) is 0 Å². The van der Waals surface area contributed by atoms with Crippen molar-refractivity contribution in [3.05, 3.63) is 93.7 Å². The van der Waals surface area contributed by atoms with Crippen LogP contribution in [0.25, 0.3) is 22.4 Å². The second-order valence-electron chi connectivity index (χ2n) is 7.60. The molecule has 9 heteroatoms. The third-order valence-corrected chi connectivity index (χ3v) is 6.80. The normalized spacial score (nSPS) is 12.2. The summed E-state index contributed by atoms with van der Waals surface area (Å²) in [5, 5.41) is 9.87. The first-order chi connectivity index (χ1) is 16.5. The predicted molar refractivity (Wildman–Crippen MR) is 134 cm³/mol. The van der Waals surface area contributed by atoms with Gasteiger partial charge >= 0.3 is 0 Å². The Morgan fingerprint density at radius 1 is 1.00 bits per heavy atom. The zero-order valence-electron chi connectivity index (χ0n) is 18.3. The molecule has 0 saturated heterocycles.